The third kappa shape index (κ3) is 6.44. The number of anilines is 3. The smallest absolute Gasteiger partial charge is 0.407 e. The average molecular weight is 513 g/mol. The van der Waals surface area contributed by atoms with E-state index in [1.807, 2.05) is 52.0 Å². The molecule has 3 N–H and O–H groups in total. The summed E-state index contributed by atoms with van der Waals surface area (Å²) in [6.07, 6.45) is 1.50. The van der Waals surface area contributed by atoms with Crippen LogP contribution in [0.1, 0.15) is 50.9 Å². The normalized spacial score (nSPS) is 15.2. The Morgan fingerprint density at radius 3 is 2.61 bits per heavy atom. The summed E-state index contributed by atoms with van der Waals surface area (Å²) >= 11 is 1.65. The summed E-state index contributed by atoms with van der Waals surface area (Å²) in [6, 6.07) is 12.3. The second-order valence-corrected chi connectivity index (χ2v) is 11.0. The van der Waals surface area contributed by atoms with E-state index in [0.717, 1.165) is 52.8 Å². The van der Waals surface area contributed by atoms with Gasteiger partial charge >= 0.3 is 12.1 Å². The molecule has 2 aliphatic heterocycles. The highest BCUT2D eigenvalue weighted by Crippen LogP contribution is 2.49. The largest absolute Gasteiger partial charge is 0.462 e. The maximum Gasteiger partial charge on any atom is 0.407 e. The Hall–Kier alpha value is -2.91. The number of hydrogen-bond acceptors (Lipinski definition) is 8. The molecule has 0 bridgehead atoms. The van der Waals surface area contributed by atoms with Gasteiger partial charge in [-0.05, 0) is 77.9 Å². The summed E-state index contributed by atoms with van der Waals surface area (Å²) in [4.78, 5) is 29.5. The Bertz CT molecular complexity index is 1100. The van der Waals surface area contributed by atoms with Crippen LogP contribution in [0, 0.1) is 0 Å². The minimum atomic E-state index is -0.555. The first-order valence-electron chi connectivity index (χ1n) is 12.6. The van der Waals surface area contributed by atoms with E-state index >= 15 is 0 Å². The van der Waals surface area contributed by atoms with Gasteiger partial charge in [0.25, 0.3) is 0 Å². The summed E-state index contributed by atoms with van der Waals surface area (Å²) in [7, 11) is 0. The maximum absolute atomic E-state index is 12.8. The second-order valence-electron chi connectivity index (χ2n) is 9.92. The highest BCUT2D eigenvalue weighted by atomic mass is 32.2. The number of ether oxygens (including phenoxy) is 2. The van der Waals surface area contributed by atoms with Gasteiger partial charge in [0, 0.05) is 28.9 Å². The van der Waals surface area contributed by atoms with Crippen molar-refractivity contribution in [2.75, 3.05) is 43.0 Å². The third-order valence-corrected chi connectivity index (χ3v) is 7.16. The Balaban J connectivity index is 1.68. The molecule has 4 rings (SSSR count). The van der Waals surface area contributed by atoms with E-state index in [1.165, 1.54) is 0 Å². The van der Waals surface area contributed by atoms with Crippen LogP contribution >= 0.6 is 11.8 Å². The molecule has 8 nitrogen and oxygen atoms in total. The van der Waals surface area contributed by atoms with Crippen molar-refractivity contribution in [3.63, 3.8) is 0 Å². The molecule has 0 radical (unpaired) electrons. The molecule has 2 aromatic carbocycles. The van der Waals surface area contributed by atoms with E-state index in [0.29, 0.717) is 25.3 Å². The lowest BCUT2D eigenvalue weighted by molar-refractivity contribution is 0.0517. The molecule has 2 heterocycles. The number of hydrogen-bond donors (Lipinski definition) is 3. The van der Waals surface area contributed by atoms with E-state index < -0.39 is 11.7 Å². The molecule has 36 heavy (non-hydrogen) atoms. The van der Waals surface area contributed by atoms with Crippen molar-refractivity contribution in [1.82, 2.24) is 10.6 Å². The standard InChI is InChI=1S/C27H36N4O4S/c1-5-34-25(32)18-16-21(24-23(17-18)36-22-9-7-6-8-20(22)30-24)31(19-10-12-28-13-11-19)15-14-29-26(33)35-27(2,3)4/h6-9,16-17,19,28,30H,5,10-15H2,1-4H3,(H,29,33). The molecule has 0 unspecified atom stereocenters. The van der Waals surface area contributed by atoms with Crippen molar-refractivity contribution in [2.24, 2.45) is 0 Å². The third-order valence-electron chi connectivity index (χ3n) is 6.04. The zero-order valence-corrected chi connectivity index (χ0v) is 22.3. The molecular formula is C27H36N4O4S. The summed E-state index contributed by atoms with van der Waals surface area (Å²) in [5, 5.41) is 9.94. The number of esters is 1. The van der Waals surface area contributed by atoms with Crippen molar-refractivity contribution in [3.8, 4) is 0 Å². The number of benzene rings is 2. The van der Waals surface area contributed by atoms with Crippen LogP contribution in [0.15, 0.2) is 46.2 Å². The first-order chi connectivity index (χ1) is 17.2. The molecule has 2 aliphatic rings. The fraction of sp³-hybridized carbons (Fsp3) is 0.481. The molecule has 0 spiro atoms. The summed E-state index contributed by atoms with van der Waals surface area (Å²) in [5.41, 5.74) is 2.93. The van der Waals surface area contributed by atoms with Gasteiger partial charge in [-0.3, -0.25) is 0 Å². The fourth-order valence-corrected chi connectivity index (χ4v) is 5.54. The highest BCUT2D eigenvalue weighted by Gasteiger charge is 2.29. The Morgan fingerprint density at radius 2 is 1.89 bits per heavy atom. The van der Waals surface area contributed by atoms with Gasteiger partial charge in [0.15, 0.2) is 0 Å². The molecule has 0 aliphatic carbocycles. The molecule has 2 aromatic rings. The Morgan fingerprint density at radius 1 is 1.14 bits per heavy atom. The number of para-hydroxylation sites is 1. The Labute approximate surface area is 217 Å². The van der Waals surface area contributed by atoms with E-state index in [4.69, 9.17) is 9.47 Å². The number of nitrogens with zero attached hydrogens (tertiary/aromatic N) is 1. The zero-order chi connectivity index (χ0) is 25.7. The van der Waals surface area contributed by atoms with Gasteiger partial charge < -0.3 is 30.3 Å². The van der Waals surface area contributed by atoms with Crippen molar-refractivity contribution in [2.45, 2.75) is 62.0 Å². The van der Waals surface area contributed by atoms with Crippen LogP contribution < -0.4 is 20.9 Å². The zero-order valence-electron chi connectivity index (χ0n) is 21.5. The predicted octanol–water partition coefficient (Wildman–Crippen LogP) is 5.15. The SMILES string of the molecule is CCOC(=O)c1cc2c(c(N(CCNC(=O)OC(C)(C)C)C3CCNCC3)c1)Nc1ccccc1S2. The molecule has 0 atom stereocenters. The molecule has 1 saturated heterocycles. The monoisotopic (exact) mass is 512 g/mol. The minimum Gasteiger partial charge on any atom is -0.462 e. The van der Waals surface area contributed by atoms with Gasteiger partial charge in [-0.15, -0.1) is 0 Å². The topological polar surface area (TPSA) is 91.9 Å². The first-order valence-corrected chi connectivity index (χ1v) is 13.4. The lowest BCUT2D eigenvalue weighted by atomic mass is 10.0. The molecule has 194 valence electrons. The van der Waals surface area contributed by atoms with Gasteiger partial charge in [-0.2, -0.15) is 0 Å². The number of amides is 1. The van der Waals surface area contributed by atoms with Crippen LogP contribution in [-0.4, -0.2) is 56.5 Å². The van der Waals surface area contributed by atoms with Gasteiger partial charge in [-0.1, -0.05) is 23.9 Å². The maximum atomic E-state index is 12.8. The van der Waals surface area contributed by atoms with E-state index in [1.54, 1.807) is 11.8 Å². The number of carbonyl (C=O) groups is 2. The number of rotatable bonds is 7. The van der Waals surface area contributed by atoms with Crippen LogP contribution in [0.25, 0.3) is 0 Å². The first kappa shape index (κ1) is 26.2. The molecule has 0 saturated carbocycles. The second kappa shape index (κ2) is 11.4. The number of piperidine rings is 1. The van der Waals surface area contributed by atoms with Crippen LogP contribution in [0.2, 0.25) is 0 Å². The lowest BCUT2D eigenvalue weighted by Crippen LogP contribution is -2.47. The van der Waals surface area contributed by atoms with Crippen molar-refractivity contribution < 1.29 is 19.1 Å². The lowest BCUT2D eigenvalue weighted by Gasteiger charge is -2.39. The highest BCUT2D eigenvalue weighted by molar-refractivity contribution is 7.99. The van der Waals surface area contributed by atoms with E-state index in [9.17, 15) is 9.59 Å². The van der Waals surface area contributed by atoms with E-state index in [-0.39, 0.29) is 12.0 Å². The molecule has 1 amide bonds. The molecule has 0 aromatic heterocycles. The summed E-state index contributed by atoms with van der Waals surface area (Å²) < 4.78 is 10.8. The number of alkyl carbamates (subject to hydrolysis) is 1. The minimum absolute atomic E-state index is 0.261. The number of nitrogens with one attached hydrogen (secondary N) is 3. The number of fused-ring (bicyclic) bond motifs is 2. The van der Waals surface area contributed by atoms with Crippen LogP contribution in [0.5, 0.6) is 0 Å². The van der Waals surface area contributed by atoms with Crippen LogP contribution in [0.3, 0.4) is 0 Å². The van der Waals surface area contributed by atoms with Gasteiger partial charge in [0.05, 0.1) is 29.2 Å². The molecular weight excluding hydrogens is 476 g/mol. The van der Waals surface area contributed by atoms with Gasteiger partial charge in [0.1, 0.15) is 5.60 Å². The Kier molecular flexibility index (Phi) is 8.31. The average Bonchev–Trinajstić information content (AvgIpc) is 2.84. The van der Waals surface area contributed by atoms with Crippen molar-refractivity contribution in [3.05, 3.63) is 42.0 Å². The molecule has 1 fully saturated rings. The van der Waals surface area contributed by atoms with E-state index in [2.05, 4.69) is 33.0 Å². The van der Waals surface area contributed by atoms with Crippen LogP contribution in [0.4, 0.5) is 21.9 Å². The van der Waals surface area contributed by atoms with Crippen molar-refractivity contribution in [1.29, 1.82) is 0 Å². The summed E-state index contributed by atoms with van der Waals surface area (Å²) in [6.45, 7) is 10.5. The number of carbonyl (C=O) groups excluding carboxylic acids is 2. The molecule has 9 heteroatoms. The van der Waals surface area contributed by atoms with Gasteiger partial charge in [-0.25, -0.2) is 9.59 Å². The summed E-state index contributed by atoms with van der Waals surface area (Å²) in [5.74, 6) is -0.335. The van der Waals surface area contributed by atoms with Gasteiger partial charge in [0.2, 0.25) is 0 Å². The quantitative estimate of drug-likeness (QED) is 0.374. The van der Waals surface area contributed by atoms with Crippen molar-refractivity contribution >= 4 is 40.9 Å². The predicted molar refractivity (Wildman–Crippen MR) is 144 cm³/mol. The van der Waals surface area contributed by atoms with Crippen LogP contribution in [-0.2, 0) is 9.47 Å². The fourth-order valence-electron chi connectivity index (χ4n) is 4.49.